The van der Waals surface area contributed by atoms with E-state index in [4.69, 9.17) is 27.9 Å². The number of aryl methyl sites for hydroxylation is 1. The molecule has 1 fully saturated rings. The van der Waals surface area contributed by atoms with E-state index in [1.54, 1.807) is 42.6 Å². The lowest BCUT2D eigenvalue weighted by Crippen LogP contribution is -2.44. The summed E-state index contributed by atoms with van der Waals surface area (Å²) >= 11 is 12.7. The molecule has 2 heterocycles. The zero-order valence-electron chi connectivity index (χ0n) is 19.4. The monoisotopic (exact) mass is 529 g/mol. The van der Waals surface area contributed by atoms with Crippen molar-refractivity contribution < 1.29 is 14.6 Å². The lowest BCUT2D eigenvalue weighted by atomic mass is 9.76. The number of amides is 1. The van der Waals surface area contributed by atoms with Gasteiger partial charge in [-0.2, -0.15) is 0 Å². The molecule has 8 nitrogen and oxygen atoms in total. The van der Waals surface area contributed by atoms with Crippen LogP contribution < -0.4 is 21.3 Å². The van der Waals surface area contributed by atoms with Gasteiger partial charge in [0, 0.05) is 56.9 Å². The molecule has 2 aromatic carbocycles. The lowest BCUT2D eigenvalue weighted by Gasteiger charge is -2.37. The molecule has 1 aromatic heterocycles. The number of aliphatic hydroxyl groups is 1. The van der Waals surface area contributed by atoms with Crippen molar-refractivity contribution in [3.05, 3.63) is 90.2 Å². The summed E-state index contributed by atoms with van der Waals surface area (Å²) in [6, 6.07) is 9.70. The van der Waals surface area contributed by atoms with Crippen LogP contribution in [0.1, 0.15) is 48.4 Å². The van der Waals surface area contributed by atoms with Crippen molar-refractivity contribution in [2.45, 2.75) is 50.3 Å². The van der Waals surface area contributed by atoms with Crippen LogP contribution in [0.4, 0.5) is 0 Å². The second kappa shape index (κ2) is 9.76. The molecule has 0 bridgehead atoms. The maximum absolute atomic E-state index is 12.6. The number of nitrogens with one attached hydrogen (secondary N) is 2. The molecule has 3 N–H and O–H groups in total. The normalized spacial score (nSPS) is 21.8. The fraction of sp³-hybridized carbons (Fsp3) is 0.346. The number of aromatic amines is 1. The molecular formula is C26H25Cl2N3O5. The van der Waals surface area contributed by atoms with Crippen LogP contribution in [0.5, 0.6) is 11.5 Å². The number of carbonyl (C=O) groups is 1. The number of aromatic nitrogens is 2. The zero-order chi connectivity index (χ0) is 25.6. The average molecular weight is 530 g/mol. The fourth-order valence-electron chi connectivity index (χ4n) is 5.61. The minimum Gasteiger partial charge on any atom is -0.457 e. The van der Waals surface area contributed by atoms with Gasteiger partial charge in [0.1, 0.15) is 11.5 Å². The van der Waals surface area contributed by atoms with Gasteiger partial charge in [0.05, 0.1) is 6.10 Å². The molecule has 2 aliphatic rings. The van der Waals surface area contributed by atoms with E-state index < -0.39 is 35.2 Å². The Morgan fingerprint density at radius 3 is 2.36 bits per heavy atom. The van der Waals surface area contributed by atoms with Crippen molar-refractivity contribution in [2.75, 3.05) is 0 Å². The van der Waals surface area contributed by atoms with E-state index in [0.717, 1.165) is 11.1 Å². The number of benzene rings is 2. The van der Waals surface area contributed by atoms with E-state index >= 15 is 0 Å². The molecule has 5 rings (SSSR count). The number of rotatable bonds is 6. The minimum absolute atomic E-state index is 0.296. The van der Waals surface area contributed by atoms with Crippen LogP contribution in [-0.4, -0.2) is 33.2 Å². The van der Waals surface area contributed by atoms with E-state index in [-0.39, 0.29) is 6.04 Å². The molecule has 36 heavy (non-hydrogen) atoms. The maximum Gasteiger partial charge on any atom is 0.328 e. The molecule has 3 aromatic rings. The smallest absolute Gasteiger partial charge is 0.328 e. The Morgan fingerprint density at radius 1 is 1.14 bits per heavy atom. The Balaban J connectivity index is 1.58. The van der Waals surface area contributed by atoms with Crippen molar-refractivity contribution in [1.82, 2.24) is 14.9 Å². The molecule has 0 radical (unpaired) electrons. The Kier molecular flexibility index (Phi) is 6.68. The van der Waals surface area contributed by atoms with Gasteiger partial charge in [0.2, 0.25) is 6.41 Å². The predicted octanol–water partition coefficient (Wildman–Crippen LogP) is 3.77. The van der Waals surface area contributed by atoms with Gasteiger partial charge in [-0.3, -0.25) is 19.1 Å². The quantitative estimate of drug-likeness (QED) is 0.420. The topological polar surface area (TPSA) is 113 Å². The van der Waals surface area contributed by atoms with Crippen LogP contribution in [0.25, 0.3) is 0 Å². The molecule has 0 saturated heterocycles. The number of aliphatic hydroxyl groups excluding tert-OH is 1. The molecule has 3 unspecified atom stereocenters. The second-order valence-corrected chi connectivity index (χ2v) is 10.2. The Bertz CT molecular complexity index is 1380. The van der Waals surface area contributed by atoms with Gasteiger partial charge in [0.15, 0.2) is 0 Å². The Morgan fingerprint density at radius 2 is 1.78 bits per heavy atom. The first-order valence-corrected chi connectivity index (χ1v) is 12.5. The summed E-state index contributed by atoms with van der Waals surface area (Å²) in [5.41, 5.74) is 1.10. The van der Waals surface area contributed by atoms with Gasteiger partial charge >= 0.3 is 5.69 Å². The zero-order valence-corrected chi connectivity index (χ0v) is 20.9. The summed E-state index contributed by atoms with van der Waals surface area (Å²) in [4.78, 5) is 38.9. The Hall–Kier alpha value is -3.07. The summed E-state index contributed by atoms with van der Waals surface area (Å²) in [5, 5.41) is 15.2. The van der Waals surface area contributed by atoms with Gasteiger partial charge in [-0.1, -0.05) is 30.1 Å². The van der Waals surface area contributed by atoms with Crippen LogP contribution in [0.3, 0.4) is 0 Å². The van der Waals surface area contributed by atoms with Gasteiger partial charge in [-0.05, 0) is 55.7 Å². The van der Waals surface area contributed by atoms with E-state index in [1.165, 1.54) is 4.57 Å². The highest BCUT2D eigenvalue weighted by Crippen LogP contribution is 2.50. The molecule has 1 aliphatic heterocycles. The number of halogens is 2. The molecule has 4 atom stereocenters. The molecule has 188 valence electrons. The van der Waals surface area contributed by atoms with Crippen molar-refractivity contribution in [3.8, 4) is 11.5 Å². The first-order valence-electron chi connectivity index (χ1n) is 11.8. The highest BCUT2D eigenvalue weighted by Gasteiger charge is 2.45. The van der Waals surface area contributed by atoms with Crippen molar-refractivity contribution in [1.29, 1.82) is 0 Å². The number of hydrogen-bond acceptors (Lipinski definition) is 5. The number of hydrogen-bond donors (Lipinski definition) is 3. The van der Waals surface area contributed by atoms with Crippen molar-refractivity contribution in [3.63, 3.8) is 0 Å². The molecule has 10 heteroatoms. The van der Waals surface area contributed by atoms with Gasteiger partial charge < -0.3 is 15.2 Å². The van der Waals surface area contributed by atoms with E-state index in [9.17, 15) is 19.5 Å². The predicted molar refractivity (Wildman–Crippen MR) is 136 cm³/mol. The summed E-state index contributed by atoms with van der Waals surface area (Å²) in [7, 11) is 0. The number of H-pyrrole nitrogens is 1. The number of fused-ring (bicyclic) bond motifs is 2. The SMILES string of the molecule is CCc1cn(C2CC(O)C([C@H](NC=O)C3c4cc(Cl)ccc4Oc4ccc(Cl)cc43)C2)c(=O)[nH]c1=O. The number of ether oxygens (including phenoxy) is 1. The minimum atomic E-state index is -0.815. The van der Waals surface area contributed by atoms with Crippen LogP contribution in [0.2, 0.25) is 10.0 Å². The first-order chi connectivity index (χ1) is 17.3. The fourth-order valence-corrected chi connectivity index (χ4v) is 5.97. The van der Waals surface area contributed by atoms with Gasteiger partial charge in [0.25, 0.3) is 5.56 Å². The van der Waals surface area contributed by atoms with Crippen LogP contribution in [0.15, 0.2) is 52.2 Å². The third-order valence-corrected chi connectivity index (χ3v) is 7.75. The van der Waals surface area contributed by atoms with E-state index in [2.05, 4.69) is 10.3 Å². The molecular weight excluding hydrogens is 505 g/mol. The maximum atomic E-state index is 12.6. The van der Waals surface area contributed by atoms with Crippen LogP contribution in [-0.2, 0) is 11.2 Å². The molecule has 1 amide bonds. The summed E-state index contributed by atoms with van der Waals surface area (Å²) < 4.78 is 7.59. The van der Waals surface area contributed by atoms with Crippen LogP contribution >= 0.6 is 23.2 Å². The van der Waals surface area contributed by atoms with Crippen LogP contribution in [0, 0.1) is 5.92 Å². The van der Waals surface area contributed by atoms with Crippen molar-refractivity contribution in [2.24, 2.45) is 5.92 Å². The van der Waals surface area contributed by atoms with E-state index in [0.29, 0.717) is 52.8 Å². The standard InChI is InChI=1S/C26H25Cl2N3O5/c1-2-13-11-31(26(35)30-25(13)34)16-9-17(20(33)10-16)24(29-12-32)23-18-7-14(27)3-5-21(18)36-22-6-4-15(28)8-19(22)23/h3-8,11-12,16-17,20,23-24,33H,2,9-10H2,1H3,(H,29,32)(H,30,34,35)/t16?,17?,20?,24-/m0/s1. The lowest BCUT2D eigenvalue weighted by molar-refractivity contribution is -0.110. The summed E-state index contributed by atoms with van der Waals surface area (Å²) in [6.45, 7) is 1.84. The molecule has 0 spiro atoms. The van der Waals surface area contributed by atoms with Crippen molar-refractivity contribution >= 4 is 29.6 Å². The highest BCUT2D eigenvalue weighted by molar-refractivity contribution is 6.31. The highest BCUT2D eigenvalue weighted by atomic mass is 35.5. The second-order valence-electron chi connectivity index (χ2n) is 9.29. The molecule has 1 aliphatic carbocycles. The third-order valence-electron chi connectivity index (χ3n) is 7.28. The molecule has 1 saturated carbocycles. The number of nitrogens with zero attached hydrogens (tertiary/aromatic N) is 1. The largest absolute Gasteiger partial charge is 0.457 e. The third kappa shape index (κ3) is 4.34. The van der Waals surface area contributed by atoms with Gasteiger partial charge in [-0.15, -0.1) is 0 Å². The van der Waals surface area contributed by atoms with E-state index in [1.807, 2.05) is 6.92 Å². The summed E-state index contributed by atoms with van der Waals surface area (Å²) in [5.74, 6) is 0.380. The number of carbonyl (C=O) groups excluding carboxylic acids is 1. The average Bonchev–Trinajstić information content (AvgIpc) is 3.22. The Labute approximate surface area is 216 Å². The first kappa shape index (κ1) is 24.6. The van der Waals surface area contributed by atoms with Gasteiger partial charge in [-0.25, -0.2) is 4.79 Å². The summed E-state index contributed by atoms with van der Waals surface area (Å²) in [6.07, 6.45) is 2.55.